The Morgan fingerprint density at radius 2 is 1.97 bits per heavy atom. The molecule has 30 heavy (non-hydrogen) atoms. The Hall–Kier alpha value is -3.72. The molecule has 1 heterocycles. The van der Waals surface area contributed by atoms with Crippen LogP contribution in [0.5, 0.6) is 5.75 Å². The quantitative estimate of drug-likeness (QED) is 0.309. The minimum absolute atomic E-state index is 0.0217. The Kier molecular flexibility index (Phi) is 5.20. The average Bonchev–Trinajstić information content (AvgIpc) is 3.17. The lowest BCUT2D eigenvalue weighted by molar-refractivity contribution is -0.385. The molecule has 150 valence electrons. The van der Waals surface area contributed by atoms with Crippen molar-refractivity contribution in [3.05, 3.63) is 80.8 Å². The number of rotatable bonds is 5. The molecule has 0 aliphatic carbocycles. The van der Waals surface area contributed by atoms with Crippen LogP contribution in [0.3, 0.4) is 0 Å². The van der Waals surface area contributed by atoms with Crippen LogP contribution in [0.1, 0.15) is 10.4 Å². The standard InChI is InChI=1S/C21H14BrN3O5/c1-29-18-8-6-12(10-15(18)22)21-24-16-11-13(7-9-19(16)30-21)23-20(26)14-4-2-3-5-17(14)25(27)28/h2-11H,1H3,(H,23,26). The van der Waals surface area contributed by atoms with Crippen LogP contribution in [0.2, 0.25) is 0 Å². The first-order valence-electron chi connectivity index (χ1n) is 8.75. The summed E-state index contributed by atoms with van der Waals surface area (Å²) in [6, 6.07) is 16.2. The van der Waals surface area contributed by atoms with Gasteiger partial charge in [0.2, 0.25) is 5.89 Å². The second-order valence-corrected chi connectivity index (χ2v) is 7.13. The molecule has 1 aromatic heterocycles. The summed E-state index contributed by atoms with van der Waals surface area (Å²) in [7, 11) is 1.58. The molecular weight excluding hydrogens is 454 g/mol. The lowest BCUT2D eigenvalue weighted by atomic mass is 10.1. The number of para-hydroxylation sites is 1. The maximum atomic E-state index is 12.5. The summed E-state index contributed by atoms with van der Waals surface area (Å²) in [6.45, 7) is 0. The molecular formula is C21H14BrN3O5. The third-order valence-corrected chi connectivity index (χ3v) is 5.01. The fourth-order valence-electron chi connectivity index (χ4n) is 2.95. The maximum absolute atomic E-state index is 12.5. The minimum atomic E-state index is -0.588. The molecule has 1 N–H and O–H groups in total. The van der Waals surface area contributed by atoms with Gasteiger partial charge in [-0.2, -0.15) is 0 Å². The Morgan fingerprint density at radius 1 is 1.17 bits per heavy atom. The molecule has 0 unspecified atom stereocenters. The lowest BCUT2D eigenvalue weighted by Gasteiger charge is -2.05. The fraction of sp³-hybridized carbons (Fsp3) is 0.0476. The van der Waals surface area contributed by atoms with Gasteiger partial charge in [0, 0.05) is 17.3 Å². The second-order valence-electron chi connectivity index (χ2n) is 6.28. The molecule has 0 radical (unpaired) electrons. The van der Waals surface area contributed by atoms with E-state index in [-0.39, 0.29) is 11.3 Å². The number of amides is 1. The number of hydrogen-bond acceptors (Lipinski definition) is 6. The number of aromatic nitrogens is 1. The van der Waals surface area contributed by atoms with Crippen molar-refractivity contribution in [3.8, 4) is 17.2 Å². The number of anilines is 1. The monoisotopic (exact) mass is 467 g/mol. The molecule has 1 amide bonds. The summed E-state index contributed by atoms with van der Waals surface area (Å²) in [6.07, 6.45) is 0. The third kappa shape index (κ3) is 3.74. The number of ether oxygens (including phenoxy) is 1. The predicted molar refractivity (Wildman–Crippen MR) is 115 cm³/mol. The largest absolute Gasteiger partial charge is 0.496 e. The van der Waals surface area contributed by atoms with Crippen LogP contribution < -0.4 is 10.1 Å². The molecule has 4 aromatic rings. The van der Waals surface area contributed by atoms with Gasteiger partial charge in [-0.3, -0.25) is 14.9 Å². The van der Waals surface area contributed by atoms with Gasteiger partial charge in [-0.15, -0.1) is 0 Å². The molecule has 0 aliphatic heterocycles. The third-order valence-electron chi connectivity index (χ3n) is 4.39. The van der Waals surface area contributed by atoms with Gasteiger partial charge < -0.3 is 14.5 Å². The number of hydrogen-bond donors (Lipinski definition) is 1. The zero-order valence-corrected chi connectivity index (χ0v) is 17.2. The van der Waals surface area contributed by atoms with Crippen molar-refractivity contribution in [2.45, 2.75) is 0 Å². The molecule has 8 nitrogen and oxygen atoms in total. The van der Waals surface area contributed by atoms with E-state index in [4.69, 9.17) is 9.15 Å². The SMILES string of the molecule is COc1ccc(-c2nc3cc(NC(=O)c4ccccc4[N+](=O)[O-])ccc3o2)cc1Br. The summed E-state index contributed by atoms with van der Waals surface area (Å²) in [5.41, 5.74) is 2.00. The Labute approximate surface area is 178 Å². The zero-order valence-electron chi connectivity index (χ0n) is 15.6. The van der Waals surface area contributed by atoms with Crippen LogP contribution in [0, 0.1) is 10.1 Å². The van der Waals surface area contributed by atoms with E-state index in [2.05, 4.69) is 26.2 Å². The summed E-state index contributed by atoms with van der Waals surface area (Å²) in [5.74, 6) is 0.523. The fourth-order valence-corrected chi connectivity index (χ4v) is 3.49. The molecule has 0 atom stereocenters. The highest BCUT2D eigenvalue weighted by molar-refractivity contribution is 9.10. The number of nitro benzene ring substituents is 1. The molecule has 0 saturated heterocycles. The lowest BCUT2D eigenvalue weighted by Crippen LogP contribution is -2.13. The first-order valence-corrected chi connectivity index (χ1v) is 9.55. The van der Waals surface area contributed by atoms with Crippen molar-refractivity contribution in [1.82, 2.24) is 4.98 Å². The van der Waals surface area contributed by atoms with Gasteiger partial charge in [-0.05, 0) is 58.4 Å². The number of benzene rings is 3. The van der Waals surface area contributed by atoms with Gasteiger partial charge in [0.1, 0.15) is 16.8 Å². The predicted octanol–water partition coefficient (Wildman–Crippen LogP) is 5.43. The molecule has 9 heteroatoms. The number of halogens is 1. The van der Waals surface area contributed by atoms with Crippen LogP contribution in [-0.2, 0) is 0 Å². The summed E-state index contributed by atoms with van der Waals surface area (Å²) >= 11 is 3.44. The van der Waals surface area contributed by atoms with Gasteiger partial charge >= 0.3 is 0 Å². The number of nitrogens with one attached hydrogen (secondary N) is 1. The van der Waals surface area contributed by atoms with Crippen LogP contribution in [0.15, 0.2) is 69.6 Å². The van der Waals surface area contributed by atoms with Crippen molar-refractivity contribution in [2.24, 2.45) is 0 Å². The van der Waals surface area contributed by atoms with Gasteiger partial charge in [-0.25, -0.2) is 4.98 Å². The molecule has 0 saturated carbocycles. The van der Waals surface area contributed by atoms with E-state index >= 15 is 0 Å². The maximum Gasteiger partial charge on any atom is 0.282 e. The number of carbonyl (C=O) groups excluding carboxylic acids is 1. The van der Waals surface area contributed by atoms with Crippen molar-refractivity contribution in [3.63, 3.8) is 0 Å². The number of oxazole rings is 1. The van der Waals surface area contributed by atoms with Crippen LogP contribution in [0.4, 0.5) is 11.4 Å². The molecule has 0 bridgehead atoms. The van der Waals surface area contributed by atoms with Crippen molar-refractivity contribution in [2.75, 3.05) is 12.4 Å². The van der Waals surface area contributed by atoms with Gasteiger partial charge in [-0.1, -0.05) is 12.1 Å². The average molecular weight is 468 g/mol. The first kappa shape index (κ1) is 19.6. The normalized spacial score (nSPS) is 10.7. The van der Waals surface area contributed by atoms with Crippen LogP contribution >= 0.6 is 15.9 Å². The highest BCUT2D eigenvalue weighted by Gasteiger charge is 2.19. The van der Waals surface area contributed by atoms with Crippen molar-refractivity contribution in [1.29, 1.82) is 0 Å². The van der Waals surface area contributed by atoms with E-state index in [0.29, 0.717) is 28.4 Å². The number of fused-ring (bicyclic) bond motifs is 1. The molecule has 3 aromatic carbocycles. The number of carbonyl (C=O) groups is 1. The highest BCUT2D eigenvalue weighted by atomic mass is 79.9. The van der Waals surface area contributed by atoms with E-state index in [0.717, 1.165) is 10.0 Å². The molecule has 0 spiro atoms. The van der Waals surface area contributed by atoms with Gasteiger partial charge in [0.05, 0.1) is 16.5 Å². The smallest absolute Gasteiger partial charge is 0.282 e. The number of nitro groups is 1. The Bertz CT molecular complexity index is 1280. The second kappa shape index (κ2) is 7.96. The van der Waals surface area contributed by atoms with Crippen molar-refractivity contribution >= 4 is 44.3 Å². The summed E-state index contributed by atoms with van der Waals surface area (Å²) < 4.78 is 11.8. The van der Waals surface area contributed by atoms with E-state index in [1.165, 1.54) is 18.2 Å². The summed E-state index contributed by atoms with van der Waals surface area (Å²) in [5, 5.41) is 13.8. The van der Waals surface area contributed by atoms with Crippen molar-refractivity contribution < 1.29 is 18.9 Å². The van der Waals surface area contributed by atoms with Gasteiger partial charge in [0.15, 0.2) is 5.58 Å². The minimum Gasteiger partial charge on any atom is -0.496 e. The van der Waals surface area contributed by atoms with E-state index < -0.39 is 10.8 Å². The zero-order chi connectivity index (χ0) is 21.3. The van der Waals surface area contributed by atoms with Gasteiger partial charge in [0.25, 0.3) is 11.6 Å². The number of nitrogens with zero attached hydrogens (tertiary/aromatic N) is 2. The molecule has 0 aliphatic rings. The Morgan fingerprint density at radius 3 is 2.70 bits per heavy atom. The van der Waals surface area contributed by atoms with E-state index in [9.17, 15) is 14.9 Å². The van der Waals surface area contributed by atoms with E-state index in [1.54, 1.807) is 37.4 Å². The Balaban J connectivity index is 1.62. The van der Waals surface area contributed by atoms with E-state index in [1.807, 2.05) is 12.1 Å². The number of methoxy groups -OCH3 is 1. The molecule has 4 rings (SSSR count). The van der Waals surface area contributed by atoms with Crippen LogP contribution in [-0.4, -0.2) is 22.9 Å². The highest BCUT2D eigenvalue weighted by Crippen LogP contribution is 2.32. The molecule has 0 fully saturated rings. The van der Waals surface area contributed by atoms with Crippen LogP contribution in [0.25, 0.3) is 22.6 Å². The first-order chi connectivity index (χ1) is 14.5. The topological polar surface area (TPSA) is 108 Å². The summed E-state index contributed by atoms with van der Waals surface area (Å²) in [4.78, 5) is 27.6.